The number of H-pyrrole nitrogens is 1. The zero-order valence-corrected chi connectivity index (χ0v) is 14.2. The molecule has 0 fully saturated rings. The molecule has 0 saturated heterocycles. The van der Waals surface area contributed by atoms with E-state index in [1.807, 2.05) is 36.4 Å². The number of amides is 1. The van der Waals surface area contributed by atoms with E-state index in [9.17, 15) is 9.59 Å². The standard InChI is InChI=1S/C20H17N3O3/c1-2-26-20(25)14-11-16(24)23-18-13-5-3-4-6-15(13)22-19(18)17(14)12-7-9-21-10-8-12/h3-10,22H,2,11H2,1H3,(H,23,24). The van der Waals surface area contributed by atoms with Crippen LogP contribution in [-0.2, 0) is 14.3 Å². The van der Waals surface area contributed by atoms with Crippen LogP contribution in [-0.4, -0.2) is 28.5 Å². The van der Waals surface area contributed by atoms with Crippen LogP contribution in [0.15, 0.2) is 54.4 Å². The van der Waals surface area contributed by atoms with Crippen molar-refractivity contribution in [2.45, 2.75) is 13.3 Å². The van der Waals surface area contributed by atoms with Gasteiger partial charge in [-0.05, 0) is 30.7 Å². The molecule has 3 heterocycles. The first-order chi connectivity index (χ1) is 12.7. The molecule has 4 rings (SSSR count). The Morgan fingerprint density at radius 2 is 1.96 bits per heavy atom. The van der Waals surface area contributed by atoms with Crippen molar-refractivity contribution in [3.63, 3.8) is 0 Å². The van der Waals surface area contributed by atoms with Gasteiger partial charge < -0.3 is 15.0 Å². The molecular weight excluding hydrogens is 330 g/mol. The number of aromatic amines is 1. The zero-order valence-electron chi connectivity index (χ0n) is 14.2. The highest BCUT2D eigenvalue weighted by molar-refractivity contribution is 6.16. The van der Waals surface area contributed by atoms with E-state index in [0.717, 1.165) is 16.5 Å². The average molecular weight is 347 g/mol. The Hall–Kier alpha value is -3.41. The van der Waals surface area contributed by atoms with E-state index in [4.69, 9.17) is 4.74 Å². The van der Waals surface area contributed by atoms with Gasteiger partial charge in [0, 0.05) is 28.9 Å². The number of ether oxygens (including phenoxy) is 1. The van der Waals surface area contributed by atoms with Crippen molar-refractivity contribution in [1.29, 1.82) is 0 Å². The van der Waals surface area contributed by atoms with Gasteiger partial charge in [-0.1, -0.05) is 18.2 Å². The molecule has 1 amide bonds. The van der Waals surface area contributed by atoms with Crippen molar-refractivity contribution in [2.75, 3.05) is 11.9 Å². The van der Waals surface area contributed by atoms with Crippen LogP contribution < -0.4 is 5.32 Å². The van der Waals surface area contributed by atoms with Crippen molar-refractivity contribution < 1.29 is 14.3 Å². The summed E-state index contributed by atoms with van der Waals surface area (Å²) in [6.45, 7) is 1.99. The Kier molecular flexibility index (Phi) is 4.01. The fourth-order valence-electron chi connectivity index (χ4n) is 3.27. The molecule has 130 valence electrons. The predicted molar refractivity (Wildman–Crippen MR) is 98.4 cm³/mol. The summed E-state index contributed by atoms with van der Waals surface area (Å²) in [6.07, 6.45) is 3.27. The molecule has 0 radical (unpaired) electrons. The van der Waals surface area contributed by atoms with E-state index in [-0.39, 0.29) is 18.9 Å². The van der Waals surface area contributed by atoms with E-state index in [2.05, 4.69) is 15.3 Å². The molecule has 6 nitrogen and oxygen atoms in total. The maximum atomic E-state index is 12.6. The number of pyridine rings is 1. The van der Waals surface area contributed by atoms with Gasteiger partial charge in [0.25, 0.3) is 0 Å². The highest BCUT2D eigenvalue weighted by atomic mass is 16.5. The molecular formula is C20H17N3O3. The van der Waals surface area contributed by atoms with E-state index in [1.165, 1.54) is 0 Å². The van der Waals surface area contributed by atoms with Crippen LogP contribution >= 0.6 is 0 Å². The lowest BCUT2D eigenvalue weighted by atomic mass is 9.96. The number of benzene rings is 1. The molecule has 2 aromatic heterocycles. The molecule has 1 aromatic carbocycles. The number of esters is 1. The second-order valence-corrected chi connectivity index (χ2v) is 5.96. The molecule has 1 aliphatic rings. The van der Waals surface area contributed by atoms with Gasteiger partial charge in [-0.25, -0.2) is 4.79 Å². The van der Waals surface area contributed by atoms with Crippen LogP contribution in [0.5, 0.6) is 0 Å². The third-order valence-electron chi connectivity index (χ3n) is 4.35. The lowest BCUT2D eigenvalue weighted by molar-refractivity contribution is -0.139. The van der Waals surface area contributed by atoms with Gasteiger partial charge in [-0.15, -0.1) is 0 Å². The quantitative estimate of drug-likeness (QED) is 0.712. The number of anilines is 1. The number of carbonyl (C=O) groups is 2. The molecule has 1 aliphatic heterocycles. The molecule has 0 aliphatic carbocycles. The van der Waals surface area contributed by atoms with Crippen LogP contribution in [0.2, 0.25) is 0 Å². The normalized spacial score (nSPS) is 14.0. The Labute approximate surface area is 149 Å². The van der Waals surface area contributed by atoms with Gasteiger partial charge in [-0.3, -0.25) is 9.78 Å². The molecule has 0 atom stereocenters. The third-order valence-corrected chi connectivity index (χ3v) is 4.35. The number of hydrogen-bond acceptors (Lipinski definition) is 4. The first-order valence-corrected chi connectivity index (χ1v) is 8.40. The summed E-state index contributed by atoms with van der Waals surface area (Å²) < 4.78 is 5.22. The molecule has 3 aromatic rings. The average Bonchev–Trinajstić information content (AvgIpc) is 2.93. The molecule has 0 saturated carbocycles. The van der Waals surface area contributed by atoms with Crippen molar-refractivity contribution in [3.05, 3.63) is 65.6 Å². The lowest BCUT2D eigenvalue weighted by Crippen LogP contribution is -2.16. The van der Waals surface area contributed by atoms with Gasteiger partial charge >= 0.3 is 5.97 Å². The van der Waals surface area contributed by atoms with Crippen molar-refractivity contribution in [1.82, 2.24) is 9.97 Å². The Balaban J connectivity index is 2.05. The van der Waals surface area contributed by atoms with E-state index in [0.29, 0.717) is 22.5 Å². The minimum absolute atomic E-state index is 0.0483. The first-order valence-electron chi connectivity index (χ1n) is 8.40. The second-order valence-electron chi connectivity index (χ2n) is 5.96. The van der Waals surface area contributed by atoms with Crippen molar-refractivity contribution in [2.24, 2.45) is 0 Å². The minimum Gasteiger partial charge on any atom is -0.463 e. The molecule has 0 bridgehead atoms. The number of fused-ring (bicyclic) bond motifs is 3. The third kappa shape index (κ3) is 2.65. The van der Waals surface area contributed by atoms with Gasteiger partial charge in [0.05, 0.1) is 30.0 Å². The van der Waals surface area contributed by atoms with E-state index >= 15 is 0 Å². The lowest BCUT2D eigenvalue weighted by Gasteiger charge is -2.12. The molecule has 0 spiro atoms. The number of carbonyl (C=O) groups excluding carboxylic acids is 2. The summed E-state index contributed by atoms with van der Waals surface area (Å²) in [5.41, 5.74) is 4.06. The number of nitrogens with zero attached hydrogens (tertiary/aromatic N) is 1. The Morgan fingerprint density at radius 3 is 2.73 bits per heavy atom. The molecule has 6 heteroatoms. The summed E-state index contributed by atoms with van der Waals surface area (Å²) in [5, 5.41) is 3.83. The van der Waals surface area contributed by atoms with Crippen LogP contribution in [0, 0.1) is 0 Å². The summed E-state index contributed by atoms with van der Waals surface area (Å²) >= 11 is 0. The minimum atomic E-state index is -0.485. The SMILES string of the molecule is CCOC(=O)C1=C(c2ccncc2)c2[nH]c3ccccc3c2NC(=O)C1. The second kappa shape index (κ2) is 6.48. The topological polar surface area (TPSA) is 84.1 Å². The fourth-order valence-corrected chi connectivity index (χ4v) is 3.27. The van der Waals surface area contributed by atoms with Gasteiger partial charge in [-0.2, -0.15) is 0 Å². The van der Waals surface area contributed by atoms with Crippen LogP contribution in [0.1, 0.15) is 24.6 Å². The fraction of sp³-hybridized carbons (Fsp3) is 0.150. The zero-order chi connectivity index (χ0) is 18.1. The summed E-state index contributed by atoms with van der Waals surface area (Å²) in [5.74, 6) is -0.732. The number of rotatable bonds is 3. The summed E-state index contributed by atoms with van der Waals surface area (Å²) in [7, 11) is 0. The highest BCUT2D eigenvalue weighted by Crippen LogP contribution is 2.39. The number of hydrogen-bond donors (Lipinski definition) is 2. The number of aromatic nitrogens is 2. The summed E-state index contributed by atoms with van der Waals surface area (Å²) in [6, 6.07) is 11.3. The van der Waals surface area contributed by atoms with E-state index < -0.39 is 5.97 Å². The molecule has 0 unspecified atom stereocenters. The highest BCUT2D eigenvalue weighted by Gasteiger charge is 2.29. The Bertz CT molecular complexity index is 1030. The Morgan fingerprint density at radius 1 is 1.19 bits per heavy atom. The predicted octanol–water partition coefficient (Wildman–Crippen LogP) is 3.27. The maximum absolute atomic E-state index is 12.6. The summed E-state index contributed by atoms with van der Waals surface area (Å²) in [4.78, 5) is 32.5. The van der Waals surface area contributed by atoms with Crippen molar-refractivity contribution in [3.8, 4) is 0 Å². The van der Waals surface area contributed by atoms with Crippen molar-refractivity contribution >= 4 is 34.0 Å². The van der Waals surface area contributed by atoms with Gasteiger partial charge in [0.2, 0.25) is 5.91 Å². The monoisotopic (exact) mass is 347 g/mol. The largest absolute Gasteiger partial charge is 0.463 e. The van der Waals surface area contributed by atoms with Gasteiger partial charge in [0.15, 0.2) is 0 Å². The first kappa shape index (κ1) is 16.1. The smallest absolute Gasteiger partial charge is 0.335 e. The molecule has 2 N–H and O–H groups in total. The number of nitrogens with one attached hydrogen (secondary N) is 2. The van der Waals surface area contributed by atoms with Crippen LogP contribution in [0.25, 0.3) is 16.5 Å². The molecule has 26 heavy (non-hydrogen) atoms. The van der Waals surface area contributed by atoms with Crippen LogP contribution in [0.4, 0.5) is 5.69 Å². The number of para-hydroxylation sites is 1. The maximum Gasteiger partial charge on any atom is 0.335 e. The van der Waals surface area contributed by atoms with E-state index in [1.54, 1.807) is 19.3 Å². The van der Waals surface area contributed by atoms with Gasteiger partial charge in [0.1, 0.15) is 0 Å². The van der Waals surface area contributed by atoms with Crippen LogP contribution in [0.3, 0.4) is 0 Å².